The predicted octanol–water partition coefficient (Wildman–Crippen LogP) is 3.04. The Morgan fingerprint density at radius 1 is 1.24 bits per heavy atom. The summed E-state index contributed by atoms with van der Waals surface area (Å²) < 4.78 is 11.2. The summed E-state index contributed by atoms with van der Waals surface area (Å²) in [6, 6.07) is 6.03. The summed E-state index contributed by atoms with van der Waals surface area (Å²) in [7, 11) is 0. The second-order valence-electron chi connectivity index (χ2n) is 4.47. The van der Waals surface area contributed by atoms with E-state index in [9.17, 15) is 0 Å². The van der Waals surface area contributed by atoms with Gasteiger partial charge in [0, 0.05) is 11.6 Å². The van der Waals surface area contributed by atoms with Crippen molar-refractivity contribution in [1.29, 1.82) is 0 Å². The smallest absolute Gasteiger partial charge is 0.166 e. The minimum Gasteiger partial charge on any atom is -0.486 e. The maximum Gasteiger partial charge on any atom is 0.166 e. The summed E-state index contributed by atoms with van der Waals surface area (Å²) in [6.07, 6.45) is 4.63. The maximum absolute atomic E-state index is 6.22. The van der Waals surface area contributed by atoms with Gasteiger partial charge in [0.2, 0.25) is 0 Å². The number of ether oxygens (including phenoxy) is 2. The molecule has 0 fully saturated rings. The SMILES string of the molecule is CCCCC[C@@H](N)c1cccc2c1OCCO2. The summed E-state index contributed by atoms with van der Waals surface area (Å²) in [5, 5.41) is 0. The zero-order chi connectivity index (χ0) is 12.1. The Bertz CT molecular complexity index is 365. The first-order valence-corrected chi connectivity index (χ1v) is 6.47. The summed E-state index contributed by atoms with van der Waals surface area (Å²) in [6.45, 7) is 3.44. The van der Waals surface area contributed by atoms with Gasteiger partial charge in [-0.2, -0.15) is 0 Å². The number of fused-ring (bicyclic) bond motifs is 1. The molecule has 0 aliphatic carbocycles. The van der Waals surface area contributed by atoms with Crippen molar-refractivity contribution in [1.82, 2.24) is 0 Å². The lowest BCUT2D eigenvalue weighted by Crippen LogP contribution is -2.19. The molecule has 0 aromatic heterocycles. The van der Waals surface area contributed by atoms with Gasteiger partial charge in [-0.3, -0.25) is 0 Å². The molecule has 0 amide bonds. The molecule has 0 saturated carbocycles. The third-order valence-corrected chi connectivity index (χ3v) is 3.11. The Labute approximate surface area is 103 Å². The standard InChI is InChI=1S/C14H21NO2/c1-2-3-4-7-12(15)11-6-5-8-13-14(11)17-10-9-16-13/h5-6,8,12H,2-4,7,9-10,15H2,1H3/t12-/m1/s1. The van der Waals surface area contributed by atoms with E-state index in [2.05, 4.69) is 6.92 Å². The number of para-hydroxylation sites is 1. The molecule has 3 heteroatoms. The van der Waals surface area contributed by atoms with Crippen LogP contribution in [0.2, 0.25) is 0 Å². The predicted molar refractivity (Wildman–Crippen MR) is 68.5 cm³/mol. The number of unbranched alkanes of at least 4 members (excludes halogenated alkanes) is 2. The third kappa shape index (κ3) is 2.91. The third-order valence-electron chi connectivity index (χ3n) is 3.11. The van der Waals surface area contributed by atoms with Crippen LogP contribution in [0.1, 0.15) is 44.2 Å². The average Bonchev–Trinajstić information content (AvgIpc) is 2.38. The first-order valence-electron chi connectivity index (χ1n) is 6.47. The molecule has 0 saturated heterocycles. The van der Waals surface area contributed by atoms with Gasteiger partial charge in [-0.1, -0.05) is 38.3 Å². The number of hydrogen-bond donors (Lipinski definition) is 1. The van der Waals surface area contributed by atoms with E-state index >= 15 is 0 Å². The topological polar surface area (TPSA) is 44.5 Å². The van der Waals surface area contributed by atoms with E-state index in [1.807, 2.05) is 18.2 Å². The molecule has 1 heterocycles. The summed E-state index contributed by atoms with van der Waals surface area (Å²) >= 11 is 0. The van der Waals surface area contributed by atoms with Gasteiger partial charge in [-0.05, 0) is 12.5 Å². The van der Waals surface area contributed by atoms with Crippen molar-refractivity contribution in [2.24, 2.45) is 5.73 Å². The van der Waals surface area contributed by atoms with Crippen LogP contribution >= 0.6 is 0 Å². The van der Waals surface area contributed by atoms with Crippen LogP contribution in [0.5, 0.6) is 11.5 Å². The lowest BCUT2D eigenvalue weighted by Gasteiger charge is -2.23. The largest absolute Gasteiger partial charge is 0.486 e. The molecular formula is C14H21NO2. The molecule has 0 spiro atoms. The zero-order valence-corrected chi connectivity index (χ0v) is 10.4. The minimum atomic E-state index is 0.0539. The molecule has 0 bridgehead atoms. The van der Waals surface area contributed by atoms with Crippen LogP contribution in [0.15, 0.2) is 18.2 Å². The number of hydrogen-bond acceptors (Lipinski definition) is 3. The van der Waals surface area contributed by atoms with Crippen molar-refractivity contribution >= 4 is 0 Å². The first-order chi connectivity index (χ1) is 8.33. The van der Waals surface area contributed by atoms with Gasteiger partial charge in [0.1, 0.15) is 13.2 Å². The van der Waals surface area contributed by atoms with E-state index in [0.717, 1.165) is 23.5 Å². The van der Waals surface area contributed by atoms with Crippen molar-refractivity contribution in [3.63, 3.8) is 0 Å². The second kappa shape index (κ2) is 5.92. The van der Waals surface area contributed by atoms with Crippen molar-refractivity contribution in [3.05, 3.63) is 23.8 Å². The van der Waals surface area contributed by atoms with Crippen molar-refractivity contribution in [2.75, 3.05) is 13.2 Å². The number of rotatable bonds is 5. The van der Waals surface area contributed by atoms with Crippen LogP contribution in [0, 0.1) is 0 Å². The van der Waals surface area contributed by atoms with Crippen LogP contribution in [-0.2, 0) is 0 Å². The van der Waals surface area contributed by atoms with E-state index in [1.54, 1.807) is 0 Å². The van der Waals surface area contributed by atoms with Gasteiger partial charge in [0.25, 0.3) is 0 Å². The van der Waals surface area contributed by atoms with Crippen LogP contribution in [0.3, 0.4) is 0 Å². The summed E-state index contributed by atoms with van der Waals surface area (Å²) in [5.41, 5.74) is 7.31. The highest BCUT2D eigenvalue weighted by atomic mass is 16.6. The highest BCUT2D eigenvalue weighted by Gasteiger charge is 2.19. The van der Waals surface area contributed by atoms with E-state index in [-0.39, 0.29) is 6.04 Å². The Kier molecular flexibility index (Phi) is 4.26. The minimum absolute atomic E-state index is 0.0539. The Morgan fingerprint density at radius 2 is 2.06 bits per heavy atom. The monoisotopic (exact) mass is 235 g/mol. The van der Waals surface area contributed by atoms with Gasteiger partial charge >= 0.3 is 0 Å². The van der Waals surface area contributed by atoms with Crippen LogP contribution in [0.4, 0.5) is 0 Å². The summed E-state index contributed by atoms with van der Waals surface area (Å²) in [4.78, 5) is 0. The highest BCUT2D eigenvalue weighted by molar-refractivity contribution is 5.48. The van der Waals surface area contributed by atoms with Gasteiger partial charge in [-0.25, -0.2) is 0 Å². The quantitative estimate of drug-likeness (QED) is 0.798. The Morgan fingerprint density at radius 3 is 2.88 bits per heavy atom. The lowest BCUT2D eigenvalue weighted by molar-refractivity contribution is 0.169. The molecule has 1 aliphatic rings. The molecule has 17 heavy (non-hydrogen) atoms. The molecule has 94 valence electrons. The normalized spacial score (nSPS) is 15.6. The molecule has 2 rings (SSSR count). The van der Waals surface area contributed by atoms with Crippen LogP contribution in [0.25, 0.3) is 0 Å². The molecule has 0 radical (unpaired) electrons. The molecule has 1 aromatic carbocycles. The fourth-order valence-electron chi connectivity index (χ4n) is 2.16. The molecule has 1 aliphatic heterocycles. The van der Waals surface area contributed by atoms with E-state index < -0.39 is 0 Å². The molecular weight excluding hydrogens is 214 g/mol. The number of nitrogens with two attached hydrogens (primary N) is 1. The molecule has 3 nitrogen and oxygen atoms in total. The Balaban J connectivity index is 2.09. The van der Waals surface area contributed by atoms with E-state index in [1.165, 1.54) is 19.3 Å². The zero-order valence-electron chi connectivity index (χ0n) is 10.4. The van der Waals surface area contributed by atoms with Gasteiger partial charge in [0.05, 0.1) is 0 Å². The van der Waals surface area contributed by atoms with E-state index in [4.69, 9.17) is 15.2 Å². The maximum atomic E-state index is 6.22. The first kappa shape index (κ1) is 12.2. The molecule has 1 aromatic rings. The van der Waals surface area contributed by atoms with Gasteiger partial charge < -0.3 is 15.2 Å². The Hall–Kier alpha value is -1.22. The van der Waals surface area contributed by atoms with Gasteiger partial charge in [0.15, 0.2) is 11.5 Å². The fourth-order valence-corrected chi connectivity index (χ4v) is 2.16. The molecule has 2 N–H and O–H groups in total. The number of benzene rings is 1. The van der Waals surface area contributed by atoms with Crippen LogP contribution < -0.4 is 15.2 Å². The van der Waals surface area contributed by atoms with Crippen molar-refractivity contribution < 1.29 is 9.47 Å². The van der Waals surface area contributed by atoms with Crippen molar-refractivity contribution in [3.8, 4) is 11.5 Å². The lowest BCUT2D eigenvalue weighted by atomic mass is 10.00. The molecule has 1 atom stereocenters. The molecule has 0 unspecified atom stereocenters. The van der Waals surface area contributed by atoms with Crippen molar-refractivity contribution in [2.45, 2.75) is 38.6 Å². The van der Waals surface area contributed by atoms with E-state index in [0.29, 0.717) is 13.2 Å². The summed E-state index contributed by atoms with van der Waals surface area (Å²) in [5.74, 6) is 1.68. The highest BCUT2D eigenvalue weighted by Crippen LogP contribution is 2.37. The van der Waals surface area contributed by atoms with Gasteiger partial charge in [-0.15, -0.1) is 0 Å². The average molecular weight is 235 g/mol. The second-order valence-corrected chi connectivity index (χ2v) is 4.47. The fraction of sp³-hybridized carbons (Fsp3) is 0.571. The van der Waals surface area contributed by atoms with Crippen LogP contribution in [-0.4, -0.2) is 13.2 Å².